The molecule has 0 amide bonds. The van der Waals surface area contributed by atoms with Crippen LogP contribution < -0.4 is 0 Å². The van der Waals surface area contributed by atoms with Crippen LogP contribution >= 0.6 is 15.9 Å². The van der Waals surface area contributed by atoms with E-state index in [4.69, 9.17) is 0 Å². The molecular weight excluding hydrogens is 206 g/mol. The average molecular weight is 214 g/mol. The van der Waals surface area contributed by atoms with Crippen LogP contribution in [-0.4, -0.2) is 11.3 Å². The second kappa shape index (κ2) is 3.62. The number of aromatic nitrogens is 1. The zero-order chi connectivity index (χ0) is 8.27. The van der Waals surface area contributed by atoms with Gasteiger partial charge in [0.1, 0.15) is 5.69 Å². The monoisotopic (exact) mass is 213 g/mol. The average Bonchev–Trinajstić information content (AvgIpc) is 2.04. The smallest absolute Gasteiger partial charge is 0.168 e. The van der Waals surface area contributed by atoms with E-state index in [0.717, 1.165) is 22.7 Å². The van der Waals surface area contributed by atoms with Crippen molar-refractivity contribution in [1.82, 2.24) is 4.98 Å². The van der Waals surface area contributed by atoms with Crippen LogP contribution in [0, 0.1) is 0 Å². The third-order valence-electron chi connectivity index (χ3n) is 1.45. The zero-order valence-electron chi connectivity index (χ0n) is 6.17. The molecule has 0 aliphatic rings. The third kappa shape index (κ3) is 1.87. The van der Waals surface area contributed by atoms with Gasteiger partial charge in [-0.3, -0.25) is 9.78 Å². The standard InChI is InChI=1S/C8H8BrNO/c1-2-6-4-10-7(5-11)3-8(6)9/h3-5H,2H2,1H3. The van der Waals surface area contributed by atoms with Crippen LogP contribution in [-0.2, 0) is 6.42 Å². The molecule has 1 heterocycles. The van der Waals surface area contributed by atoms with Crippen molar-refractivity contribution < 1.29 is 4.79 Å². The van der Waals surface area contributed by atoms with Crippen LogP contribution in [0.15, 0.2) is 16.7 Å². The van der Waals surface area contributed by atoms with Crippen molar-refractivity contribution in [2.24, 2.45) is 0 Å². The Balaban J connectivity index is 3.09. The molecule has 0 radical (unpaired) electrons. The Labute approximate surface area is 73.8 Å². The van der Waals surface area contributed by atoms with Crippen molar-refractivity contribution in [1.29, 1.82) is 0 Å². The number of carbonyl (C=O) groups excluding carboxylic acids is 1. The van der Waals surface area contributed by atoms with Gasteiger partial charge in [0, 0.05) is 10.7 Å². The van der Waals surface area contributed by atoms with E-state index >= 15 is 0 Å². The highest BCUT2D eigenvalue weighted by molar-refractivity contribution is 9.10. The number of carbonyl (C=O) groups is 1. The molecule has 1 aromatic rings. The molecule has 0 aliphatic carbocycles. The van der Waals surface area contributed by atoms with E-state index in [0.29, 0.717) is 5.69 Å². The topological polar surface area (TPSA) is 30.0 Å². The number of hydrogen-bond donors (Lipinski definition) is 0. The SMILES string of the molecule is CCc1cnc(C=O)cc1Br. The quantitative estimate of drug-likeness (QED) is 0.706. The van der Waals surface area contributed by atoms with Crippen LogP contribution in [0.5, 0.6) is 0 Å². The lowest BCUT2D eigenvalue weighted by atomic mass is 10.2. The summed E-state index contributed by atoms with van der Waals surface area (Å²) in [6.45, 7) is 2.04. The Morgan fingerprint density at radius 3 is 2.91 bits per heavy atom. The maximum atomic E-state index is 10.3. The van der Waals surface area contributed by atoms with Crippen LogP contribution in [0.3, 0.4) is 0 Å². The number of hydrogen-bond acceptors (Lipinski definition) is 2. The minimum Gasteiger partial charge on any atom is -0.296 e. The minimum atomic E-state index is 0.467. The van der Waals surface area contributed by atoms with Crippen LogP contribution in [0.25, 0.3) is 0 Å². The van der Waals surface area contributed by atoms with E-state index in [9.17, 15) is 4.79 Å². The molecule has 2 nitrogen and oxygen atoms in total. The zero-order valence-corrected chi connectivity index (χ0v) is 7.76. The van der Waals surface area contributed by atoms with Gasteiger partial charge in [0.05, 0.1) is 0 Å². The molecule has 0 aromatic carbocycles. The second-order valence-corrected chi connectivity index (χ2v) is 3.03. The summed E-state index contributed by atoms with van der Waals surface area (Å²) in [5.41, 5.74) is 1.59. The first-order valence-corrected chi connectivity index (χ1v) is 4.16. The summed E-state index contributed by atoms with van der Waals surface area (Å²) >= 11 is 3.35. The molecule has 58 valence electrons. The predicted octanol–water partition coefficient (Wildman–Crippen LogP) is 2.22. The summed E-state index contributed by atoms with van der Waals surface area (Å²) in [5.74, 6) is 0. The molecule has 0 bridgehead atoms. The summed E-state index contributed by atoms with van der Waals surface area (Å²) < 4.78 is 0.956. The summed E-state index contributed by atoms with van der Waals surface area (Å²) in [7, 11) is 0. The number of rotatable bonds is 2. The first-order valence-electron chi connectivity index (χ1n) is 3.37. The van der Waals surface area contributed by atoms with Crippen molar-refractivity contribution in [3.8, 4) is 0 Å². The highest BCUT2D eigenvalue weighted by atomic mass is 79.9. The lowest BCUT2D eigenvalue weighted by Crippen LogP contribution is -1.90. The molecule has 0 saturated carbocycles. The number of aldehydes is 1. The van der Waals surface area contributed by atoms with Gasteiger partial charge in [0.25, 0.3) is 0 Å². The lowest BCUT2D eigenvalue weighted by Gasteiger charge is -1.99. The molecule has 0 N–H and O–H groups in total. The van der Waals surface area contributed by atoms with E-state index in [1.807, 2.05) is 6.92 Å². The largest absolute Gasteiger partial charge is 0.296 e. The van der Waals surface area contributed by atoms with Gasteiger partial charge in [-0.05, 0) is 18.1 Å². The fraction of sp³-hybridized carbons (Fsp3) is 0.250. The third-order valence-corrected chi connectivity index (χ3v) is 2.19. The van der Waals surface area contributed by atoms with E-state index < -0.39 is 0 Å². The van der Waals surface area contributed by atoms with E-state index in [-0.39, 0.29) is 0 Å². The first-order chi connectivity index (χ1) is 5.27. The molecule has 0 saturated heterocycles. The molecule has 11 heavy (non-hydrogen) atoms. The van der Waals surface area contributed by atoms with Gasteiger partial charge in [0.15, 0.2) is 6.29 Å². The minimum absolute atomic E-state index is 0.467. The van der Waals surface area contributed by atoms with Crippen molar-refractivity contribution in [2.45, 2.75) is 13.3 Å². The van der Waals surface area contributed by atoms with Gasteiger partial charge in [0.2, 0.25) is 0 Å². The number of pyridine rings is 1. The number of halogens is 1. The second-order valence-electron chi connectivity index (χ2n) is 2.17. The van der Waals surface area contributed by atoms with Gasteiger partial charge in [-0.15, -0.1) is 0 Å². The Morgan fingerprint density at radius 2 is 2.45 bits per heavy atom. The van der Waals surface area contributed by atoms with Gasteiger partial charge in [-0.1, -0.05) is 22.9 Å². The number of nitrogens with zero attached hydrogens (tertiary/aromatic N) is 1. The Morgan fingerprint density at radius 1 is 1.73 bits per heavy atom. The summed E-state index contributed by atoms with van der Waals surface area (Å²) in [6, 6.07) is 1.73. The number of aryl methyl sites for hydroxylation is 1. The van der Waals surface area contributed by atoms with Crippen LogP contribution in [0.4, 0.5) is 0 Å². The van der Waals surface area contributed by atoms with Crippen LogP contribution in [0.1, 0.15) is 23.0 Å². The van der Waals surface area contributed by atoms with Gasteiger partial charge < -0.3 is 0 Å². The Hall–Kier alpha value is -0.700. The fourth-order valence-electron chi connectivity index (χ4n) is 0.799. The highest BCUT2D eigenvalue weighted by Gasteiger charge is 1.98. The summed E-state index contributed by atoms with van der Waals surface area (Å²) in [5, 5.41) is 0. The van der Waals surface area contributed by atoms with Gasteiger partial charge in [-0.25, -0.2) is 0 Å². The Kier molecular flexibility index (Phi) is 2.76. The lowest BCUT2D eigenvalue weighted by molar-refractivity contribution is 0.111. The fourth-order valence-corrected chi connectivity index (χ4v) is 1.42. The molecule has 0 atom stereocenters. The molecule has 0 aliphatic heterocycles. The van der Waals surface area contributed by atoms with E-state index in [1.165, 1.54) is 0 Å². The molecular formula is C8H8BrNO. The first kappa shape index (κ1) is 8.40. The normalized spacial score (nSPS) is 9.64. The van der Waals surface area contributed by atoms with Gasteiger partial charge in [-0.2, -0.15) is 0 Å². The maximum absolute atomic E-state index is 10.3. The summed E-state index contributed by atoms with van der Waals surface area (Å²) in [4.78, 5) is 14.2. The Bertz CT molecular complexity index is 273. The van der Waals surface area contributed by atoms with Crippen molar-refractivity contribution >= 4 is 22.2 Å². The predicted molar refractivity (Wildman–Crippen MR) is 46.7 cm³/mol. The molecule has 1 rings (SSSR count). The maximum Gasteiger partial charge on any atom is 0.168 e. The van der Waals surface area contributed by atoms with Crippen LogP contribution in [0.2, 0.25) is 0 Å². The van der Waals surface area contributed by atoms with Crippen molar-refractivity contribution in [3.05, 3.63) is 28.0 Å². The van der Waals surface area contributed by atoms with Gasteiger partial charge >= 0.3 is 0 Å². The molecule has 3 heteroatoms. The van der Waals surface area contributed by atoms with E-state index in [1.54, 1.807) is 12.3 Å². The highest BCUT2D eigenvalue weighted by Crippen LogP contribution is 2.16. The van der Waals surface area contributed by atoms with Crippen molar-refractivity contribution in [3.63, 3.8) is 0 Å². The van der Waals surface area contributed by atoms with Crippen molar-refractivity contribution in [2.75, 3.05) is 0 Å². The summed E-state index contributed by atoms with van der Waals surface area (Å²) in [6.07, 6.45) is 3.38. The molecule has 0 spiro atoms. The van der Waals surface area contributed by atoms with E-state index in [2.05, 4.69) is 20.9 Å². The molecule has 0 fully saturated rings. The molecule has 1 aromatic heterocycles. The molecule has 0 unspecified atom stereocenters.